The van der Waals surface area contributed by atoms with Crippen LogP contribution in [-0.2, 0) is 49.8 Å². The van der Waals surface area contributed by atoms with Crippen LogP contribution >= 0.6 is 0 Å². The van der Waals surface area contributed by atoms with Gasteiger partial charge in [-0.15, -0.1) is 0 Å². The fraction of sp³-hybridized carbons (Fsp3) is 0.613. The normalized spacial score (nSPS) is 9.05. The summed E-state index contributed by atoms with van der Waals surface area (Å²) >= 11 is 0. The second kappa shape index (κ2) is 62.9. The third-order valence-electron chi connectivity index (χ3n) is 4.16. The van der Waals surface area contributed by atoms with E-state index in [1.807, 2.05) is 20.8 Å². The zero-order chi connectivity index (χ0) is 34.1. The van der Waals surface area contributed by atoms with E-state index in [-0.39, 0.29) is 65.5 Å². The fourth-order valence-electron chi connectivity index (χ4n) is 1.53. The molecule has 1 unspecified atom stereocenters. The van der Waals surface area contributed by atoms with Crippen LogP contribution in [0.5, 0.6) is 0 Å². The number of carbonyl (C=O) groups is 6. The van der Waals surface area contributed by atoms with Crippen LogP contribution in [0.1, 0.15) is 87.0 Å². The van der Waals surface area contributed by atoms with Crippen LogP contribution < -0.4 is 11.5 Å². The molecule has 0 spiro atoms. The maximum Gasteiger partial charge on any atom is 2.00 e. The minimum absolute atomic E-state index is 0. The summed E-state index contributed by atoms with van der Waals surface area (Å²) in [6.07, 6.45) is 12.6. The smallest absolute Gasteiger partial charge is 0.400 e. The van der Waals surface area contributed by atoms with Crippen molar-refractivity contribution in [1.29, 1.82) is 0 Å². The molecule has 0 aliphatic rings. The zero-order valence-corrected chi connectivity index (χ0v) is 31.3. The average molecular weight is 790 g/mol. The minimum Gasteiger partial charge on any atom is -0.400 e. The van der Waals surface area contributed by atoms with E-state index >= 15 is 0 Å². The predicted octanol–water partition coefficient (Wildman–Crippen LogP) is 3.65. The Hall–Kier alpha value is -2.49. The Morgan fingerprint density at radius 2 is 1.40 bits per heavy atom. The van der Waals surface area contributed by atoms with Crippen molar-refractivity contribution in [3.63, 3.8) is 0 Å². The van der Waals surface area contributed by atoms with Gasteiger partial charge >= 0.3 is 21.1 Å². The van der Waals surface area contributed by atoms with E-state index < -0.39 is 5.91 Å². The van der Waals surface area contributed by atoms with Gasteiger partial charge in [0.15, 0.2) is 5.78 Å². The fourth-order valence-corrected chi connectivity index (χ4v) is 1.53. The number of unbranched alkanes of at least 4 members (excludes halogenated alkanes) is 2. The van der Waals surface area contributed by atoms with Crippen molar-refractivity contribution >= 4 is 36.6 Å². The van der Waals surface area contributed by atoms with Crippen LogP contribution in [0.2, 0.25) is 0 Å². The molecule has 11 nitrogen and oxygen atoms in total. The zero-order valence-electron chi connectivity index (χ0n) is 28.4. The number of likely N-dealkylation sites (N-methyl/N-ethyl adjacent to an activating group) is 1. The third kappa shape index (κ3) is 92.5. The van der Waals surface area contributed by atoms with Gasteiger partial charge in [-0.1, -0.05) is 59.5 Å². The van der Waals surface area contributed by atoms with Crippen LogP contribution in [0.25, 0.3) is 0 Å². The molecule has 0 aromatic carbocycles. The topological polar surface area (TPSA) is 198 Å². The molecule has 0 aliphatic heterocycles. The number of nitrogens with zero attached hydrogens (tertiary/aromatic N) is 1. The van der Waals surface area contributed by atoms with Crippen molar-refractivity contribution in [3.8, 4) is 0 Å². The number of aliphatic hydroxyl groups is 2. The van der Waals surface area contributed by atoms with E-state index in [0.717, 1.165) is 57.1 Å². The summed E-state index contributed by atoms with van der Waals surface area (Å²) in [5.41, 5.74) is 9.06. The Morgan fingerprint density at radius 3 is 1.63 bits per heavy atom. The van der Waals surface area contributed by atoms with Gasteiger partial charge in [0.1, 0.15) is 12.6 Å². The van der Waals surface area contributed by atoms with Crippen LogP contribution in [0.3, 0.4) is 0 Å². The largest absolute Gasteiger partial charge is 2.00 e. The standard InChI is InChI=1S/C8H12N2O3.C8H14O.C5H12O.C5H11.C2H4O.CH3NO.CH4O.CH3.W/c1-10(5-4-7(9)12)8(13)3-2-6-11;1-4-6-8(9)7(3)5-2;1-2-3-4-5-6;1-4-5(2)3;1-2-3;2-1-3;1-2;;/h2-3,6H,4-5H2,1H3,(H2,9,12);4,6-7H,5H2,1-3H3;6H,2-5H2,1H3;5H,1,4H2,2-3H3;2H,1H3;1H,(H2,2,3);2H,1H3;1H3;/q;;;-1;;;;-1;+2/b3-2-;6-4-;;;;;;;. The van der Waals surface area contributed by atoms with Gasteiger partial charge in [-0.05, 0) is 38.8 Å². The van der Waals surface area contributed by atoms with Crippen molar-refractivity contribution in [2.45, 2.75) is 87.0 Å². The van der Waals surface area contributed by atoms with Gasteiger partial charge in [-0.3, -0.25) is 24.0 Å². The molecule has 0 fully saturated rings. The number of hydrogen-bond acceptors (Lipinski definition) is 8. The van der Waals surface area contributed by atoms with Crippen molar-refractivity contribution in [2.24, 2.45) is 23.3 Å². The molecule has 0 aromatic rings. The minimum atomic E-state index is -0.459. The summed E-state index contributed by atoms with van der Waals surface area (Å²) in [7, 11) is 2.53. The van der Waals surface area contributed by atoms with E-state index in [1.165, 1.54) is 25.3 Å². The molecule has 3 amide bonds. The maximum absolute atomic E-state index is 11.0. The van der Waals surface area contributed by atoms with Crippen LogP contribution in [-0.4, -0.2) is 79.0 Å². The number of aldehydes is 2. The number of nitrogens with two attached hydrogens (primary N) is 2. The molecular weight excluding hydrogens is 726 g/mol. The molecule has 0 aliphatic carbocycles. The Morgan fingerprint density at radius 1 is 0.977 bits per heavy atom. The molecular formula is C31H63N3O8W. The van der Waals surface area contributed by atoms with Gasteiger partial charge in [0.2, 0.25) is 18.2 Å². The second-order valence-electron chi connectivity index (χ2n) is 8.17. The summed E-state index contributed by atoms with van der Waals surface area (Å²) in [5, 5.41) is 15.2. The monoisotopic (exact) mass is 789 g/mol. The number of amides is 3. The van der Waals surface area contributed by atoms with E-state index in [9.17, 15) is 19.2 Å². The summed E-state index contributed by atoms with van der Waals surface area (Å²) in [6, 6.07) is 0. The Kier molecular flexibility index (Phi) is 93.2. The Balaban J connectivity index is -0.0000000486. The van der Waals surface area contributed by atoms with E-state index in [4.69, 9.17) is 25.5 Å². The summed E-state index contributed by atoms with van der Waals surface area (Å²) in [5.74, 6) is 0.420. The molecule has 0 radical (unpaired) electrons. The first-order valence-electron chi connectivity index (χ1n) is 13.5. The van der Waals surface area contributed by atoms with Crippen LogP contribution in [0.15, 0.2) is 24.3 Å². The molecule has 0 aromatic heterocycles. The van der Waals surface area contributed by atoms with E-state index in [1.54, 1.807) is 12.2 Å². The summed E-state index contributed by atoms with van der Waals surface area (Å²) in [4.78, 5) is 60.8. The van der Waals surface area contributed by atoms with Gasteiger partial charge in [0.25, 0.3) is 0 Å². The molecule has 0 saturated heterocycles. The molecule has 1 atom stereocenters. The Bertz CT molecular complexity index is 635. The van der Waals surface area contributed by atoms with E-state index in [2.05, 4.69) is 33.4 Å². The molecule has 0 heterocycles. The van der Waals surface area contributed by atoms with Crippen molar-refractivity contribution in [2.75, 3.05) is 27.3 Å². The summed E-state index contributed by atoms with van der Waals surface area (Å²) < 4.78 is 0. The number of ketones is 1. The first-order chi connectivity index (χ1) is 19.3. The number of rotatable bonds is 12. The summed E-state index contributed by atoms with van der Waals surface area (Å²) in [6.45, 7) is 18.0. The molecule has 0 saturated carbocycles. The molecule has 12 heteroatoms. The number of aliphatic hydroxyl groups excluding tert-OH is 2. The molecule has 256 valence electrons. The van der Waals surface area contributed by atoms with Gasteiger partial charge in [-0.2, -0.15) is 6.42 Å². The molecule has 43 heavy (non-hydrogen) atoms. The van der Waals surface area contributed by atoms with Gasteiger partial charge in [0.05, 0.1) is 0 Å². The quantitative estimate of drug-likeness (QED) is 0.0995. The SMILES string of the molecule is C/C=C\C(=O)C(C)CC.CC=O.CCCCCO.CN(CCC(N)=O)C(=O)/C=C\C=O.CO.NC=O.[CH2-]CC(C)C.[CH3-].[W+2]. The molecule has 6 N–H and O–H groups in total. The molecule has 0 rings (SSSR count). The number of allylic oxidation sites excluding steroid dienone is 3. The third-order valence-corrected chi connectivity index (χ3v) is 4.16. The van der Waals surface area contributed by atoms with Crippen molar-refractivity contribution < 1.29 is 60.0 Å². The second-order valence-corrected chi connectivity index (χ2v) is 8.17. The number of primary amides is 2. The van der Waals surface area contributed by atoms with Gasteiger partial charge in [0, 0.05) is 45.7 Å². The first-order valence-corrected chi connectivity index (χ1v) is 13.5. The number of carbonyl (C=O) groups excluding carboxylic acids is 6. The van der Waals surface area contributed by atoms with Crippen molar-refractivity contribution in [3.05, 3.63) is 38.7 Å². The van der Waals surface area contributed by atoms with Gasteiger partial charge < -0.3 is 45.7 Å². The maximum atomic E-state index is 11.0. The Labute approximate surface area is 277 Å². The number of hydrogen-bond donors (Lipinski definition) is 4. The first kappa shape index (κ1) is 63.7. The van der Waals surface area contributed by atoms with Gasteiger partial charge in [-0.25, -0.2) is 0 Å². The van der Waals surface area contributed by atoms with Crippen LogP contribution in [0.4, 0.5) is 0 Å². The van der Waals surface area contributed by atoms with Crippen LogP contribution in [0, 0.1) is 26.2 Å². The predicted molar refractivity (Wildman–Crippen MR) is 174 cm³/mol. The van der Waals surface area contributed by atoms with Crippen molar-refractivity contribution in [1.82, 2.24) is 4.90 Å². The average Bonchev–Trinajstić information content (AvgIpc) is 2.95. The van der Waals surface area contributed by atoms with E-state index in [0.29, 0.717) is 12.9 Å². The molecule has 0 bridgehead atoms.